The van der Waals surface area contributed by atoms with Crippen LogP contribution in [0, 0.1) is 6.92 Å². The van der Waals surface area contributed by atoms with Gasteiger partial charge in [0.05, 0.1) is 24.9 Å². The zero-order valence-corrected chi connectivity index (χ0v) is 13.5. The SMILES string of the molecule is Cc1cccc(CSCC(=O)N2CCOC(CC(=O)O)C2)c1. The number of hydrogen-bond donors (Lipinski definition) is 1. The van der Waals surface area contributed by atoms with E-state index >= 15 is 0 Å². The molecule has 6 heteroatoms. The Bertz CT molecular complexity index is 535. The maximum Gasteiger partial charge on any atom is 0.306 e. The van der Waals surface area contributed by atoms with Gasteiger partial charge in [0, 0.05) is 18.8 Å². The van der Waals surface area contributed by atoms with Crippen LogP contribution in [0.3, 0.4) is 0 Å². The van der Waals surface area contributed by atoms with Gasteiger partial charge >= 0.3 is 5.97 Å². The van der Waals surface area contributed by atoms with E-state index in [1.165, 1.54) is 11.1 Å². The Labute approximate surface area is 134 Å². The quantitative estimate of drug-likeness (QED) is 0.866. The van der Waals surface area contributed by atoms with Crippen molar-refractivity contribution in [2.45, 2.75) is 25.2 Å². The lowest BCUT2D eigenvalue weighted by atomic mass is 10.2. The minimum atomic E-state index is -0.895. The third-order valence-electron chi connectivity index (χ3n) is 3.47. The van der Waals surface area contributed by atoms with Gasteiger partial charge in [0.25, 0.3) is 0 Å². The molecule has 2 rings (SSSR count). The van der Waals surface area contributed by atoms with Crippen molar-refractivity contribution >= 4 is 23.6 Å². The largest absolute Gasteiger partial charge is 0.481 e. The molecule has 1 aliphatic rings. The zero-order chi connectivity index (χ0) is 15.9. The van der Waals surface area contributed by atoms with Crippen molar-refractivity contribution in [2.24, 2.45) is 0 Å². The van der Waals surface area contributed by atoms with E-state index in [0.717, 1.165) is 5.75 Å². The molecule has 5 nitrogen and oxygen atoms in total. The van der Waals surface area contributed by atoms with Crippen molar-refractivity contribution in [1.82, 2.24) is 4.90 Å². The van der Waals surface area contributed by atoms with Crippen molar-refractivity contribution in [2.75, 3.05) is 25.4 Å². The minimum absolute atomic E-state index is 0.0522. The Kier molecular flexibility index (Phi) is 6.27. The highest BCUT2D eigenvalue weighted by Crippen LogP contribution is 2.16. The van der Waals surface area contributed by atoms with Crippen LogP contribution < -0.4 is 0 Å². The number of aliphatic carboxylic acids is 1. The van der Waals surface area contributed by atoms with Gasteiger partial charge in [-0.1, -0.05) is 29.8 Å². The van der Waals surface area contributed by atoms with Crippen LogP contribution in [0.2, 0.25) is 0 Å². The van der Waals surface area contributed by atoms with Crippen molar-refractivity contribution in [3.63, 3.8) is 0 Å². The summed E-state index contributed by atoms with van der Waals surface area (Å²) < 4.78 is 5.37. The summed E-state index contributed by atoms with van der Waals surface area (Å²) in [7, 11) is 0. The molecule has 0 aliphatic carbocycles. The predicted octanol–water partition coefficient (Wildman–Crippen LogP) is 1.93. The summed E-state index contributed by atoms with van der Waals surface area (Å²) in [5, 5.41) is 8.79. The first kappa shape index (κ1) is 16.8. The van der Waals surface area contributed by atoms with Gasteiger partial charge in [-0.3, -0.25) is 9.59 Å². The van der Waals surface area contributed by atoms with Crippen LogP contribution in [-0.4, -0.2) is 53.4 Å². The molecule has 0 aromatic heterocycles. The van der Waals surface area contributed by atoms with Gasteiger partial charge in [0.15, 0.2) is 0 Å². The predicted molar refractivity (Wildman–Crippen MR) is 85.9 cm³/mol. The molecule has 1 aromatic rings. The Hall–Kier alpha value is -1.53. The first-order valence-electron chi connectivity index (χ1n) is 7.29. The number of ether oxygens (including phenoxy) is 1. The Balaban J connectivity index is 1.75. The molecule has 1 N–H and O–H groups in total. The minimum Gasteiger partial charge on any atom is -0.481 e. The number of benzene rings is 1. The van der Waals surface area contributed by atoms with Gasteiger partial charge in [-0.2, -0.15) is 0 Å². The third kappa shape index (κ3) is 5.35. The number of morpholine rings is 1. The number of aryl methyl sites for hydroxylation is 1. The molecule has 1 unspecified atom stereocenters. The molecule has 0 bridgehead atoms. The second-order valence-corrected chi connectivity index (χ2v) is 6.40. The van der Waals surface area contributed by atoms with Crippen molar-refractivity contribution in [1.29, 1.82) is 0 Å². The monoisotopic (exact) mass is 323 g/mol. The van der Waals surface area contributed by atoms with Crippen molar-refractivity contribution < 1.29 is 19.4 Å². The lowest BCUT2D eigenvalue weighted by Gasteiger charge is -2.32. The van der Waals surface area contributed by atoms with Crippen molar-refractivity contribution in [3.05, 3.63) is 35.4 Å². The fraction of sp³-hybridized carbons (Fsp3) is 0.500. The second kappa shape index (κ2) is 8.19. The molecule has 1 atom stereocenters. The van der Waals surface area contributed by atoms with E-state index in [0.29, 0.717) is 25.4 Å². The van der Waals surface area contributed by atoms with E-state index in [4.69, 9.17) is 9.84 Å². The molecule has 1 fully saturated rings. The van der Waals surface area contributed by atoms with E-state index in [9.17, 15) is 9.59 Å². The van der Waals surface area contributed by atoms with E-state index < -0.39 is 12.1 Å². The maximum absolute atomic E-state index is 12.2. The van der Waals surface area contributed by atoms with E-state index in [-0.39, 0.29) is 12.3 Å². The number of nitrogens with zero attached hydrogens (tertiary/aromatic N) is 1. The van der Waals surface area contributed by atoms with E-state index in [2.05, 4.69) is 25.1 Å². The number of carbonyl (C=O) groups is 2. The fourth-order valence-corrected chi connectivity index (χ4v) is 3.29. The molecule has 1 aromatic carbocycles. The lowest BCUT2D eigenvalue weighted by molar-refractivity contribution is -0.146. The number of carboxylic acid groups (broad SMARTS) is 1. The number of carbonyl (C=O) groups excluding carboxylic acids is 1. The molecule has 120 valence electrons. The summed E-state index contributed by atoms with van der Waals surface area (Å²) in [6, 6.07) is 8.25. The van der Waals surface area contributed by atoms with Crippen LogP contribution in [-0.2, 0) is 20.1 Å². The molecule has 0 saturated carbocycles. The van der Waals surface area contributed by atoms with Crippen molar-refractivity contribution in [3.8, 4) is 0 Å². The number of carboxylic acids is 1. The van der Waals surface area contributed by atoms with Crippen LogP contribution in [0.25, 0.3) is 0 Å². The average Bonchev–Trinajstić information content (AvgIpc) is 2.47. The highest BCUT2D eigenvalue weighted by Gasteiger charge is 2.25. The van der Waals surface area contributed by atoms with Gasteiger partial charge in [0.1, 0.15) is 0 Å². The van der Waals surface area contributed by atoms with Gasteiger partial charge < -0.3 is 14.7 Å². The van der Waals surface area contributed by atoms with Crippen LogP contribution in [0.5, 0.6) is 0 Å². The van der Waals surface area contributed by atoms with Crippen LogP contribution in [0.4, 0.5) is 0 Å². The lowest BCUT2D eigenvalue weighted by Crippen LogP contribution is -2.46. The third-order valence-corrected chi connectivity index (χ3v) is 4.46. The molecule has 22 heavy (non-hydrogen) atoms. The summed E-state index contributed by atoms with van der Waals surface area (Å²) in [6.07, 6.45) is -0.447. The molecule has 0 radical (unpaired) electrons. The molecule has 1 saturated heterocycles. The fourth-order valence-electron chi connectivity index (χ4n) is 2.41. The van der Waals surface area contributed by atoms with E-state index in [1.54, 1.807) is 16.7 Å². The Morgan fingerprint density at radius 2 is 2.27 bits per heavy atom. The van der Waals surface area contributed by atoms with Crippen LogP contribution >= 0.6 is 11.8 Å². The first-order chi connectivity index (χ1) is 10.5. The standard InChI is InChI=1S/C16H21NO4S/c1-12-3-2-4-13(7-12)10-22-11-15(18)17-5-6-21-14(9-17)8-16(19)20/h2-4,7,14H,5-6,8-11H2,1H3,(H,19,20). The van der Waals surface area contributed by atoms with Gasteiger partial charge in [0.2, 0.25) is 5.91 Å². The van der Waals surface area contributed by atoms with Crippen LogP contribution in [0.1, 0.15) is 17.5 Å². The summed E-state index contributed by atoms with van der Waals surface area (Å²) in [5.41, 5.74) is 2.43. The molecule has 1 aliphatic heterocycles. The normalized spacial score (nSPS) is 18.2. The summed E-state index contributed by atoms with van der Waals surface area (Å²) in [5.74, 6) is 0.369. The smallest absolute Gasteiger partial charge is 0.306 e. The van der Waals surface area contributed by atoms with Gasteiger partial charge in [-0.15, -0.1) is 11.8 Å². The maximum atomic E-state index is 12.2. The second-order valence-electron chi connectivity index (χ2n) is 5.41. The molecule has 1 heterocycles. The molecule has 0 spiro atoms. The topological polar surface area (TPSA) is 66.8 Å². The van der Waals surface area contributed by atoms with Crippen LogP contribution in [0.15, 0.2) is 24.3 Å². The Morgan fingerprint density at radius 3 is 3.00 bits per heavy atom. The highest BCUT2D eigenvalue weighted by atomic mass is 32.2. The number of hydrogen-bond acceptors (Lipinski definition) is 4. The Morgan fingerprint density at radius 1 is 1.45 bits per heavy atom. The molecular formula is C16H21NO4S. The van der Waals surface area contributed by atoms with Gasteiger partial charge in [-0.05, 0) is 12.5 Å². The highest BCUT2D eigenvalue weighted by molar-refractivity contribution is 7.99. The number of rotatable bonds is 6. The zero-order valence-electron chi connectivity index (χ0n) is 12.7. The van der Waals surface area contributed by atoms with E-state index in [1.807, 2.05) is 6.07 Å². The summed E-state index contributed by atoms with van der Waals surface area (Å²) in [4.78, 5) is 24.6. The summed E-state index contributed by atoms with van der Waals surface area (Å²) >= 11 is 1.58. The average molecular weight is 323 g/mol. The number of thioether (sulfide) groups is 1. The molecular weight excluding hydrogens is 302 g/mol. The molecule has 1 amide bonds. The summed E-state index contributed by atoms with van der Waals surface area (Å²) in [6.45, 7) is 3.37. The van der Waals surface area contributed by atoms with Gasteiger partial charge in [-0.25, -0.2) is 0 Å². The number of amides is 1. The first-order valence-corrected chi connectivity index (χ1v) is 8.44.